The number of thiophene rings is 1. The van der Waals surface area contributed by atoms with Crippen molar-refractivity contribution in [2.24, 2.45) is 5.41 Å². The van der Waals surface area contributed by atoms with E-state index >= 15 is 0 Å². The molecule has 27 heavy (non-hydrogen) atoms. The van der Waals surface area contributed by atoms with Gasteiger partial charge in [0.05, 0.1) is 0 Å². The van der Waals surface area contributed by atoms with Gasteiger partial charge in [-0.05, 0) is 31.4 Å². The van der Waals surface area contributed by atoms with Crippen molar-refractivity contribution in [3.8, 4) is 0 Å². The molecular weight excluding hydrogens is 358 g/mol. The SMILES string of the molecule is C/C=C\Cn1c(C(=O)N2CCN(C(=O)C(C)(C)C)[C@H](C)C2)cc2ccsc21. The number of piperazine rings is 1. The molecule has 1 fully saturated rings. The molecule has 0 radical (unpaired) electrons. The first-order valence-electron chi connectivity index (χ1n) is 9.52. The number of hydrogen-bond acceptors (Lipinski definition) is 3. The summed E-state index contributed by atoms with van der Waals surface area (Å²) in [4.78, 5) is 30.8. The molecule has 1 aliphatic heterocycles. The summed E-state index contributed by atoms with van der Waals surface area (Å²) in [7, 11) is 0. The molecule has 1 aliphatic rings. The van der Waals surface area contributed by atoms with Gasteiger partial charge in [0, 0.05) is 43.0 Å². The molecule has 2 amide bonds. The molecule has 3 heterocycles. The van der Waals surface area contributed by atoms with Gasteiger partial charge in [-0.2, -0.15) is 0 Å². The molecule has 0 spiro atoms. The summed E-state index contributed by atoms with van der Waals surface area (Å²) in [5, 5.41) is 3.17. The van der Waals surface area contributed by atoms with Crippen LogP contribution in [0.3, 0.4) is 0 Å². The molecule has 6 heteroatoms. The highest BCUT2D eigenvalue weighted by molar-refractivity contribution is 7.16. The fourth-order valence-corrected chi connectivity index (χ4v) is 4.49. The predicted octanol–water partition coefficient (Wildman–Crippen LogP) is 4.00. The number of aromatic nitrogens is 1. The van der Waals surface area contributed by atoms with E-state index in [1.165, 1.54) is 0 Å². The summed E-state index contributed by atoms with van der Waals surface area (Å²) in [6, 6.07) is 4.08. The number of carbonyl (C=O) groups is 2. The van der Waals surface area contributed by atoms with Crippen LogP contribution in [0.5, 0.6) is 0 Å². The molecule has 0 N–H and O–H groups in total. The second-order valence-electron chi connectivity index (χ2n) is 8.24. The molecule has 2 aromatic heterocycles. The summed E-state index contributed by atoms with van der Waals surface area (Å²) < 4.78 is 2.10. The maximum Gasteiger partial charge on any atom is 0.270 e. The van der Waals surface area contributed by atoms with E-state index in [1.807, 2.05) is 56.6 Å². The van der Waals surface area contributed by atoms with Crippen molar-refractivity contribution in [2.75, 3.05) is 19.6 Å². The van der Waals surface area contributed by atoms with E-state index in [4.69, 9.17) is 0 Å². The Bertz CT molecular complexity index is 872. The first kappa shape index (κ1) is 19.7. The normalized spacial score (nSPS) is 18.6. The van der Waals surface area contributed by atoms with Crippen molar-refractivity contribution in [3.05, 3.63) is 35.4 Å². The van der Waals surface area contributed by atoms with E-state index in [1.54, 1.807) is 11.3 Å². The molecule has 0 saturated carbocycles. The molecular formula is C21H29N3O2S. The first-order chi connectivity index (χ1) is 12.7. The van der Waals surface area contributed by atoms with Crippen LogP contribution in [0.4, 0.5) is 0 Å². The van der Waals surface area contributed by atoms with Crippen LogP contribution in [0.2, 0.25) is 0 Å². The number of allylic oxidation sites excluding steroid dienone is 2. The number of nitrogens with zero attached hydrogens (tertiary/aromatic N) is 3. The van der Waals surface area contributed by atoms with Crippen LogP contribution in [0.15, 0.2) is 29.7 Å². The zero-order valence-corrected chi connectivity index (χ0v) is 17.7. The van der Waals surface area contributed by atoms with E-state index in [9.17, 15) is 9.59 Å². The third-order valence-corrected chi connectivity index (χ3v) is 6.01. The Morgan fingerprint density at radius 3 is 2.67 bits per heavy atom. The quantitative estimate of drug-likeness (QED) is 0.748. The average Bonchev–Trinajstić information content (AvgIpc) is 3.19. The smallest absolute Gasteiger partial charge is 0.270 e. The zero-order chi connectivity index (χ0) is 19.8. The highest BCUT2D eigenvalue weighted by Crippen LogP contribution is 2.27. The van der Waals surface area contributed by atoms with Gasteiger partial charge >= 0.3 is 0 Å². The second kappa shape index (κ2) is 7.50. The van der Waals surface area contributed by atoms with Crippen molar-refractivity contribution in [1.29, 1.82) is 0 Å². The van der Waals surface area contributed by atoms with Gasteiger partial charge in [-0.3, -0.25) is 9.59 Å². The van der Waals surface area contributed by atoms with Crippen LogP contribution < -0.4 is 0 Å². The first-order valence-corrected chi connectivity index (χ1v) is 10.4. The van der Waals surface area contributed by atoms with Crippen molar-refractivity contribution < 1.29 is 9.59 Å². The Kier molecular flexibility index (Phi) is 5.47. The van der Waals surface area contributed by atoms with Crippen molar-refractivity contribution in [3.63, 3.8) is 0 Å². The minimum atomic E-state index is -0.397. The number of amides is 2. The average molecular weight is 388 g/mol. The van der Waals surface area contributed by atoms with Gasteiger partial charge in [0.25, 0.3) is 5.91 Å². The van der Waals surface area contributed by atoms with E-state index in [0.717, 1.165) is 15.9 Å². The lowest BCUT2D eigenvalue weighted by molar-refractivity contribution is -0.143. The minimum Gasteiger partial charge on any atom is -0.336 e. The standard InChI is InChI=1S/C21H29N3O2S/c1-6-7-9-24-17(13-16-8-12-27-19(16)24)18(25)22-10-11-23(15(2)14-22)20(26)21(3,4)5/h6-8,12-13,15H,9-11,14H2,1-5H3/b7-6-/t15-/m1/s1. The molecule has 3 rings (SSSR count). The topological polar surface area (TPSA) is 45.6 Å². The van der Waals surface area contributed by atoms with Crippen molar-refractivity contribution >= 4 is 33.4 Å². The Morgan fingerprint density at radius 2 is 2.04 bits per heavy atom. The molecule has 5 nitrogen and oxygen atoms in total. The summed E-state index contributed by atoms with van der Waals surface area (Å²) >= 11 is 1.66. The zero-order valence-electron chi connectivity index (χ0n) is 16.9. The third-order valence-electron chi connectivity index (χ3n) is 5.06. The van der Waals surface area contributed by atoms with Crippen LogP contribution in [-0.2, 0) is 11.3 Å². The Hall–Kier alpha value is -2.08. The Balaban J connectivity index is 1.81. The molecule has 0 aromatic carbocycles. The minimum absolute atomic E-state index is 0.0227. The monoisotopic (exact) mass is 387 g/mol. The molecule has 146 valence electrons. The molecule has 0 unspecified atom stereocenters. The number of carbonyl (C=O) groups excluding carboxylic acids is 2. The van der Waals surface area contributed by atoms with Gasteiger partial charge in [0.15, 0.2) is 0 Å². The van der Waals surface area contributed by atoms with Crippen molar-refractivity contribution in [2.45, 2.75) is 47.2 Å². The van der Waals surface area contributed by atoms with Gasteiger partial charge in [0.1, 0.15) is 10.5 Å². The summed E-state index contributed by atoms with van der Waals surface area (Å²) in [5.74, 6) is 0.205. The summed E-state index contributed by atoms with van der Waals surface area (Å²) in [5.41, 5.74) is 0.337. The molecule has 0 aliphatic carbocycles. The van der Waals surface area contributed by atoms with Gasteiger partial charge in [0.2, 0.25) is 5.91 Å². The van der Waals surface area contributed by atoms with Gasteiger partial charge in [-0.25, -0.2) is 0 Å². The lowest BCUT2D eigenvalue weighted by atomic mass is 9.93. The largest absolute Gasteiger partial charge is 0.336 e. The summed E-state index contributed by atoms with van der Waals surface area (Å²) in [6.07, 6.45) is 4.07. The number of hydrogen-bond donors (Lipinski definition) is 0. The van der Waals surface area contributed by atoms with Crippen LogP contribution in [0.25, 0.3) is 10.2 Å². The Morgan fingerprint density at radius 1 is 1.30 bits per heavy atom. The van der Waals surface area contributed by atoms with Gasteiger partial charge in [-0.15, -0.1) is 11.3 Å². The van der Waals surface area contributed by atoms with E-state index in [0.29, 0.717) is 26.2 Å². The van der Waals surface area contributed by atoms with Gasteiger partial charge in [-0.1, -0.05) is 32.9 Å². The molecule has 2 aromatic rings. The highest BCUT2D eigenvalue weighted by atomic mass is 32.1. The summed E-state index contributed by atoms with van der Waals surface area (Å²) in [6.45, 7) is 12.3. The lowest BCUT2D eigenvalue weighted by Gasteiger charge is -2.42. The second-order valence-corrected chi connectivity index (χ2v) is 9.13. The van der Waals surface area contributed by atoms with E-state index in [2.05, 4.69) is 22.1 Å². The van der Waals surface area contributed by atoms with E-state index in [-0.39, 0.29) is 17.9 Å². The fraction of sp³-hybridized carbons (Fsp3) is 0.524. The van der Waals surface area contributed by atoms with Crippen LogP contribution >= 0.6 is 11.3 Å². The third kappa shape index (κ3) is 3.81. The molecule has 1 atom stereocenters. The maximum atomic E-state index is 13.3. The van der Waals surface area contributed by atoms with Crippen LogP contribution in [0, 0.1) is 5.41 Å². The van der Waals surface area contributed by atoms with Crippen molar-refractivity contribution in [1.82, 2.24) is 14.4 Å². The van der Waals surface area contributed by atoms with E-state index < -0.39 is 5.41 Å². The molecule has 0 bridgehead atoms. The van der Waals surface area contributed by atoms with Gasteiger partial charge < -0.3 is 14.4 Å². The molecule has 1 saturated heterocycles. The maximum absolute atomic E-state index is 13.3. The highest BCUT2D eigenvalue weighted by Gasteiger charge is 2.35. The predicted molar refractivity (Wildman–Crippen MR) is 111 cm³/mol. The number of fused-ring (bicyclic) bond motifs is 1. The number of rotatable bonds is 3. The van der Waals surface area contributed by atoms with Crippen LogP contribution in [0.1, 0.15) is 45.1 Å². The lowest BCUT2D eigenvalue weighted by Crippen LogP contribution is -2.57. The Labute approximate surface area is 165 Å². The van der Waals surface area contributed by atoms with Crippen LogP contribution in [-0.4, -0.2) is 51.9 Å². The fourth-order valence-electron chi connectivity index (χ4n) is 3.58.